The first-order chi connectivity index (χ1) is 29.5. The van der Waals surface area contributed by atoms with E-state index in [2.05, 4.69) is 254 Å². The van der Waals surface area contributed by atoms with Crippen LogP contribution in [0.2, 0.25) is 0 Å². The van der Waals surface area contributed by atoms with E-state index in [-0.39, 0.29) is 5.41 Å². The van der Waals surface area contributed by atoms with E-state index in [9.17, 15) is 0 Å². The Morgan fingerprint density at radius 3 is 1.23 bits per heavy atom. The lowest BCUT2D eigenvalue weighted by Gasteiger charge is -2.36. The first-order valence-electron chi connectivity index (χ1n) is 20.9. The molecule has 11 rings (SSSR count). The molecule has 2 nitrogen and oxygen atoms in total. The lowest BCUT2D eigenvalue weighted by atomic mass is 9.67. The van der Waals surface area contributed by atoms with E-state index >= 15 is 0 Å². The third-order valence-corrected chi connectivity index (χ3v) is 12.9. The lowest BCUT2D eigenvalue weighted by Crippen LogP contribution is -2.29. The van der Waals surface area contributed by atoms with Crippen LogP contribution in [0.25, 0.3) is 22.3 Å². The van der Waals surface area contributed by atoms with E-state index in [1.165, 1.54) is 61.3 Å². The van der Waals surface area contributed by atoms with Crippen LogP contribution in [0.15, 0.2) is 231 Å². The number of nitrogens with zero attached hydrogens (tertiary/aromatic N) is 2. The number of rotatable bonds is 8. The van der Waals surface area contributed by atoms with E-state index < -0.39 is 5.41 Å². The predicted octanol–water partition coefficient (Wildman–Crippen LogP) is 15.3. The summed E-state index contributed by atoms with van der Waals surface area (Å²) in [4.78, 5) is 4.86. The number of benzene rings is 9. The average molecular weight is 769 g/mol. The summed E-state index contributed by atoms with van der Waals surface area (Å²) in [6.07, 6.45) is 0. The summed E-state index contributed by atoms with van der Waals surface area (Å²) in [5.74, 6) is 0. The van der Waals surface area contributed by atoms with Gasteiger partial charge in [-0.05, 0) is 117 Å². The Labute approximate surface area is 353 Å². The van der Waals surface area contributed by atoms with Crippen molar-refractivity contribution < 1.29 is 0 Å². The molecule has 0 unspecified atom stereocenters. The molecule has 0 saturated carbocycles. The van der Waals surface area contributed by atoms with Crippen molar-refractivity contribution in [1.29, 1.82) is 0 Å². The van der Waals surface area contributed by atoms with Gasteiger partial charge in [-0.25, -0.2) is 0 Å². The van der Waals surface area contributed by atoms with Gasteiger partial charge in [-0.15, -0.1) is 0 Å². The fraction of sp³-hybridized carbons (Fsp3) is 0.0690. The van der Waals surface area contributed by atoms with E-state index in [4.69, 9.17) is 0 Å². The maximum atomic E-state index is 2.49. The van der Waals surface area contributed by atoms with Gasteiger partial charge in [0.25, 0.3) is 0 Å². The van der Waals surface area contributed by atoms with Gasteiger partial charge in [0.2, 0.25) is 0 Å². The fourth-order valence-corrected chi connectivity index (χ4v) is 10.3. The van der Waals surface area contributed by atoms with Gasteiger partial charge in [-0.3, -0.25) is 0 Å². The molecule has 2 aliphatic carbocycles. The monoisotopic (exact) mass is 768 g/mol. The van der Waals surface area contributed by atoms with E-state index in [0.717, 1.165) is 28.4 Å². The Kier molecular flexibility index (Phi) is 8.42. The summed E-state index contributed by atoms with van der Waals surface area (Å²) in [7, 11) is 0. The largest absolute Gasteiger partial charge is 0.310 e. The van der Waals surface area contributed by atoms with Crippen LogP contribution in [0.5, 0.6) is 0 Å². The molecule has 0 saturated heterocycles. The van der Waals surface area contributed by atoms with Crippen LogP contribution in [0.1, 0.15) is 47.2 Å². The second-order valence-electron chi connectivity index (χ2n) is 16.5. The molecule has 286 valence electrons. The average Bonchev–Trinajstić information content (AvgIpc) is 3.73. The zero-order chi connectivity index (χ0) is 40.3. The van der Waals surface area contributed by atoms with Crippen molar-refractivity contribution in [1.82, 2.24) is 0 Å². The van der Waals surface area contributed by atoms with Crippen LogP contribution in [-0.4, -0.2) is 0 Å². The second-order valence-corrected chi connectivity index (χ2v) is 16.5. The predicted molar refractivity (Wildman–Crippen MR) is 251 cm³/mol. The van der Waals surface area contributed by atoms with Gasteiger partial charge < -0.3 is 9.80 Å². The van der Waals surface area contributed by atoms with Crippen LogP contribution >= 0.6 is 0 Å². The maximum absolute atomic E-state index is 2.49. The number of para-hydroxylation sites is 3. The molecule has 0 atom stereocenters. The van der Waals surface area contributed by atoms with Gasteiger partial charge in [-0.1, -0.05) is 178 Å². The Balaban J connectivity index is 1.19. The van der Waals surface area contributed by atoms with E-state index in [0.29, 0.717) is 0 Å². The van der Waals surface area contributed by atoms with Crippen LogP contribution in [-0.2, 0) is 10.8 Å². The Morgan fingerprint density at radius 2 is 0.717 bits per heavy atom. The van der Waals surface area contributed by atoms with Crippen molar-refractivity contribution in [2.24, 2.45) is 0 Å². The highest BCUT2D eigenvalue weighted by Crippen LogP contribution is 2.59. The van der Waals surface area contributed by atoms with Crippen molar-refractivity contribution in [2.45, 2.75) is 24.7 Å². The molecule has 0 bridgehead atoms. The van der Waals surface area contributed by atoms with Gasteiger partial charge in [0.1, 0.15) is 0 Å². The van der Waals surface area contributed by atoms with E-state index in [1.54, 1.807) is 0 Å². The number of fused-ring (bicyclic) bond motifs is 6. The molecule has 0 fully saturated rings. The summed E-state index contributed by atoms with van der Waals surface area (Å²) < 4.78 is 0. The molecule has 0 aliphatic heterocycles. The zero-order valence-corrected chi connectivity index (χ0v) is 33.8. The Hall–Kier alpha value is -7.42. The normalized spacial score (nSPS) is 13.8. The van der Waals surface area contributed by atoms with Gasteiger partial charge in [-0.2, -0.15) is 0 Å². The quantitative estimate of drug-likeness (QED) is 0.152. The minimum absolute atomic E-state index is 0.120. The Bertz CT molecular complexity index is 2910. The molecule has 60 heavy (non-hydrogen) atoms. The smallest absolute Gasteiger partial charge is 0.0715 e. The van der Waals surface area contributed by atoms with Gasteiger partial charge in [0.15, 0.2) is 0 Å². The molecule has 9 aromatic carbocycles. The minimum Gasteiger partial charge on any atom is -0.310 e. The summed E-state index contributed by atoms with van der Waals surface area (Å²) in [5.41, 5.74) is 18.9. The molecule has 2 heteroatoms. The summed E-state index contributed by atoms with van der Waals surface area (Å²) in [6, 6.07) is 84.7. The fourth-order valence-electron chi connectivity index (χ4n) is 10.3. The van der Waals surface area contributed by atoms with Crippen molar-refractivity contribution in [3.8, 4) is 22.3 Å². The third-order valence-electron chi connectivity index (χ3n) is 12.9. The van der Waals surface area contributed by atoms with Crippen LogP contribution in [0.4, 0.5) is 34.1 Å². The number of hydrogen-bond donors (Lipinski definition) is 0. The molecule has 0 aromatic heterocycles. The van der Waals surface area contributed by atoms with E-state index in [1.807, 2.05) is 0 Å². The van der Waals surface area contributed by atoms with Crippen LogP contribution < -0.4 is 9.80 Å². The lowest BCUT2D eigenvalue weighted by molar-refractivity contribution is 0.660. The Morgan fingerprint density at radius 1 is 0.300 bits per heavy atom. The van der Waals surface area contributed by atoms with Gasteiger partial charge in [0, 0.05) is 39.4 Å². The topological polar surface area (TPSA) is 6.48 Å². The number of hydrogen-bond acceptors (Lipinski definition) is 2. The zero-order valence-electron chi connectivity index (χ0n) is 33.8. The molecule has 0 heterocycles. The molecule has 0 spiro atoms. The van der Waals surface area contributed by atoms with Gasteiger partial charge >= 0.3 is 0 Å². The highest BCUT2D eigenvalue weighted by molar-refractivity contribution is 5.97. The standard InChI is InChI=1S/C58H44N2/c1-57(2)51-32-19-18-31-50(51)56-52(57)33-20-34-55(56)60(45-29-16-7-17-30-45)47-36-38-49-48-37-35-46(59(43-25-12-5-13-26-43)44-27-14-6-15-28-44)39-53(48)58(54(49)40-47,41-21-8-3-9-22-41)42-23-10-4-11-24-42/h3-40H,1-2H3. The van der Waals surface area contributed by atoms with Crippen molar-refractivity contribution in [3.05, 3.63) is 264 Å². The SMILES string of the molecule is CC1(C)c2ccccc2-c2c(N(c3ccccc3)c3ccc4c(c3)C(c3ccccc3)(c3ccccc3)c3cc(N(c5ccccc5)c5ccccc5)ccc3-4)cccc21. The summed E-state index contributed by atoms with van der Waals surface area (Å²) in [6.45, 7) is 4.72. The highest BCUT2D eigenvalue weighted by atomic mass is 15.1. The van der Waals surface area contributed by atoms with Crippen molar-refractivity contribution in [3.63, 3.8) is 0 Å². The number of anilines is 6. The second kappa shape index (κ2) is 14.1. The summed E-state index contributed by atoms with van der Waals surface area (Å²) >= 11 is 0. The van der Waals surface area contributed by atoms with Gasteiger partial charge in [0.05, 0.1) is 11.1 Å². The molecule has 0 N–H and O–H groups in total. The minimum atomic E-state index is -0.617. The first kappa shape index (κ1) is 35.7. The van der Waals surface area contributed by atoms with Crippen LogP contribution in [0, 0.1) is 0 Å². The van der Waals surface area contributed by atoms with Crippen molar-refractivity contribution >= 4 is 34.1 Å². The third kappa shape index (κ3) is 5.41. The first-order valence-corrected chi connectivity index (χ1v) is 20.9. The summed E-state index contributed by atoms with van der Waals surface area (Å²) in [5, 5.41) is 0. The van der Waals surface area contributed by atoms with Crippen LogP contribution in [0.3, 0.4) is 0 Å². The molecule has 2 aliphatic rings. The molecular formula is C58H44N2. The molecular weight excluding hydrogens is 725 g/mol. The van der Waals surface area contributed by atoms with Crippen molar-refractivity contribution in [2.75, 3.05) is 9.80 Å². The molecule has 9 aromatic rings. The highest BCUT2D eigenvalue weighted by Gasteiger charge is 2.47. The molecule has 0 amide bonds. The molecule has 0 radical (unpaired) electrons. The maximum Gasteiger partial charge on any atom is 0.0715 e.